The van der Waals surface area contributed by atoms with Gasteiger partial charge in [0.05, 0.1) is 12.6 Å². The molecule has 1 heterocycles. The Hall–Kier alpha value is -0.860. The fourth-order valence-electron chi connectivity index (χ4n) is 1.84. The molecule has 0 bridgehead atoms. The van der Waals surface area contributed by atoms with Crippen LogP contribution < -0.4 is 0 Å². The quantitative estimate of drug-likeness (QED) is 0.687. The molecule has 0 aromatic heterocycles. The molecule has 1 atom stereocenters. The van der Waals surface area contributed by atoms with Crippen molar-refractivity contribution < 1.29 is 4.84 Å². The molecule has 1 fully saturated rings. The molecular formula is C11H15NO. The first kappa shape index (κ1) is 8.73. The molecule has 2 nitrogen and oxygen atoms in total. The Morgan fingerprint density at radius 2 is 2.15 bits per heavy atom. The van der Waals surface area contributed by atoms with Crippen molar-refractivity contribution in [2.24, 2.45) is 0 Å². The highest BCUT2D eigenvalue weighted by atomic mass is 16.7. The van der Waals surface area contributed by atoms with E-state index in [2.05, 4.69) is 42.3 Å². The molecule has 0 aliphatic carbocycles. The lowest BCUT2D eigenvalue weighted by atomic mass is 10.1. The summed E-state index contributed by atoms with van der Waals surface area (Å²) in [6, 6.07) is 11.0. The lowest BCUT2D eigenvalue weighted by molar-refractivity contribution is -0.129. The molecular weight excluding hydrogens is 162 g/mol. The van der Waals surface area contributed by atoms with Crippen LogP contribution in [0.4, 0.5) is 0 Å². The van der Waals surface area contributed by atoms with Gasteiger partial charge in [-0.15, -0.1) is 0 Å². The fourth-order valence-corrected chi connectivity index (χ4v) is 1.84. The highest BCUT2D eigenvalue weighted by Gasteiger charge is 2.25. The molecule has 2 rings (SSSR count). The van der Waals surface area contributed by atoms with E-state index >= 15 is 0 Å². The zero-order valence-electron chi connectivity index (χ0n) is 7.94. The van der Waals surface area contributed by atoms with Crippen molar-refractivity contribution in [3.63, 3.8) is 0 Å². The third-order valence-corrected chi connectivity index (χ3v) is 2.49. The predicted octanol–water partition coefficient (Wildman–Crippen LogP) is 2.38. The van der Waals surface area contributed by atoms with Crippen LogP contribution in [0.25, 0.3) is 0 Å². The largest absolute Gasteiger partial charge is 0.298 e. The van der Waals surface area contributed by atoms with Crippen LogP contribution in [0.1, 0.15) is 24.9 Å². The second-order valence-corrected chi connectivity index (χ2v) is 3.28. The second kappa shape index (κ2) is 3.90. The highest BCUT2D eigenvalue weighted by Crippen LogP contribution is 2.29. The van der Waals surface area contributed by atoms with Crippen LogP contribution in [-0.2, 0) is 4.84 Å². The van der Waals surface area contributed by atoms with Crippen LogP contribution in [0.15, 0.2) is 30.3 Å². The topological polar surface area (TPSA) is 12.5 Å². The highest BCUT2D eigenvalue weighted by molar-refractivity contribution is 5.19. The zero-order valence-corrected chi connectivity index (χ0v) is 7.94. The molecule has 70 valence electrons. The van der Waals surface area contributed by atoms with Gasteiger partial charge in [0, 0.05) is 6.54 Å². The van der Waals surface area contributed by atoms with Crippen molar-refractivity contribution in [2.45, 2.75) is 19.4 Å². The van der Waals surface area contributed by atoms with E-state index in [1.165, 1.54) is 5.56 Å². The molecule has 0 N–H and O–H groups in total. The smallest absolute Gasteiger partial charge is 0.0704 e. The van der Waals surface area contributed by atoms with Gasteiger partial charge in [-0.05, 0) is 12.0 Å². The van der Waals surface area contributed by atoms with Gasteiger partial charge in [-0.1, -0.05) is 37.3 Å². The molecule has 1 unspecified atom stereocenters. The van der Waals surface area contributed by atoms with Gasteiger partial charge in [0.1, 0.15) is 0 Å². The van der Waals surface area contributed by atoms with E-state index in [0.29, 0.717) is 6.04 Å². The number of rotatable bonds is 2. The summed E-state index contributed by atoms with van der Waals surface area (Å²) in [6.07, 6.45) is 1.11. The number of hydrogen-bond acceptors (Lipinski definition) is 2. The molecule has 1 aromatic rings. The summed E-state index contributed by atoms with van der Waals surface area (Å²) in [6.45, 7) is 3.94. The zero-order chi connectivity index (χ0) is 9.10. The van der Waals surface area contributed by atoms with E-state index in [1.807, 2.05) is 0 Å². The van der Waals surface area contributed by atoms with Crippen molar-refractivity contribution >= 4 is 0 Å². The van der Waals surface area contributed by atoms with Crippen LogP contribution in [0, 0.1) is 0 Å². The molecule has 0 spiro atoms. The molecule has 0 saturated carbocycles. The third kappa shape index (κ3) is 1.74. The van der Waals surface area contributed by atoms with E-state index in [9.17, 15) is 0 Å². The summed E-state index contributed by atoms with van der Waals surface area (Å²) < 4.78 is 0. The Labute approximate surface area is 79.1 Å². The van der Waals surface area contributed by atoms with Gasteiger partial charge in [-0.3, -0.25) is 4.84 Å². The lowest BCUT2D eigenvalue weighted by Gasteiger charge is -2.20. The van der Waals surface area contributed by atoms with Crippen molar-refractivity contribution in [2.75, 3.05) is 13.2 Å². The first-order valence-corrected chi connectivity index (χ1v) is 4.86. The Morgan fingerprint density at radius 1 is 1.38 bits per heavy atom. The molecule has 2 heteroatoms. The lowest BCUT2D eigenvalue weighted by Crippen LogP contribution is -2.21. The number of hydrogen-bond donors (Lipinski definition) is 0. The third-order valence-electron chi connectivity index (χ3n) is 2.49. The van der Waals surface area contributed by atoms with Gasteiger partial charge in [-0.25, -0.2) is 0 Å². The summed E-state index contributed by atoms with van der Waals surface area (Å²) in [5.41, 5.74) is 1.36. The summed E-state index contributed by atoms with van der Waals surface area (Å²) in [7, 11) is 0. The van der Waals surface area contributed by atoms with E-state index in [0.717, 1.165) is 19.6 Å². The van der Waals surface area contributed by atoms with E-state index in [-0.39, 0.29) is 0 Å². The molecule has 1 aliphatic rings. The second-order valence-electron chi connectivity index (χ2n) is 3.28. The van der Waals surface area contributed by atoms with E-state index in [1.54, 1.807) is 0 Å². The van der Waals surface area contributed by atoms with Crippen molar-refractivity contribution in [1.29, 1.82) is 0 Å². The van der Waals surface area contributed by atoms with Crippen molar-refractivity contribution in [1.82, 2.24) is 5.06 Å². The number of hydroxylamine groups is 2. The van der Waals surface area contributed by atoms with Crippen molar-refractivity contribution in [3.8, 4) is 0 Å². The van der Waals surface area contributed by atoms with Gasteiger partial charge in [-0.2, -0.15) is 5.06 Å². The Morgan fingerprint density at radius 3 is 2.85 bits per heavy atom. The predicted molar refractivity (Wildman–Crippen MR) is 52.1 cm³/mol. The Balaban J connectivity index is 2.16. The molecule has 1 saturated heterocycles. The first-order chi connectivity index (χ1) is 6.42. The van der Waals surface area contributed by atoms with Gasteiger partial charge >= 0.3 is 0 Å². The Bertz CT molecular complexity index is 260. The van der Waals surface area contributed by atoms with Crippen LogP contribution >= 0.6 is 0 Å². The standard InChI is InChI=1S/C11H15NO/c1-2-12-11(8-9-13-12)10-6-4-3-5-7-10/h3-7,11H,2,8-9H2,1H3. The maximum atomic E-state index is 5.50. The normalized spacial score (nSPS) is 23.6. The molecule has 1 aliphatic heterocycles. The average Bonchev–Trinajstić information content (AvgIpc) is 2.67. The van der Waals surface area contributed by atoms with Crippen LogP contribution in [0.2, 0.25) is 0 Å². The Kier molecular flexibility index (Phi) is 2.62. The fraction of sp³-hybridized carbons (Fsp3) is 0.455. The SMILES string of the molecule is CCN1OCCC1c1ccccc1. The minimum Gasteiger partial charge on any atom is -0.298 e. The van der Waals surface area contributed by atoms with Crippen LogP contribution in [-0.4, -0.2) is 18.2 Å². The minimum absolute atomic E-state index is 0.464. The van der Waals surface area contributed by atoms with Gasteiger partial charge < -0.3 is 0 Å². The van der Waals surface area contributed by atoms with Gasteiger partial charge in [0.15, 0.2) is 0 Å². The maximum absolute atomic E-state index is 5.50. The minimum atomic E-state index is 0.464. The van der Waals surface area contributed by atoms with Gasteiger partial charge in [0.25, 0.3) is 0 Å². The first-order valence-electron chi connectivity index (χ1n) is 4.86. The van der Waals surface area contributed by atoms with Crippen LogP contribution in [0.3, 0.4) is 0 Å². The molecule has 13 heavy (non-hydrogen) atoms. The van der Waals surface area contributed by atoms with E-state index in [4.69, 9.17) is 4.84 Å². The summed E-state index contributed by atoms with van der Waals surface area (Å²) >= 11 is 0. The van der Waals surface area contributed by atoms with Gasteiger partial charge in [0.2, 0.25) is 0 Å². The maximum Gasteiger partial charge on any atom is 0.0704 e. The summed E-state index contributed by atoms with van der Waals surface area (Å²) in [4.78, 5) is 5.50. The number of benzene rings is 1. The summed E-state index contributed by atoms with van der Waals surface area (Å²) in [5, 5.41) is 2.06. The van der Waals surface area contributed by atoms with Crippen molar-refractivity contribution in [3.05, 3.63) is 35.9 Å². The van der Waals surface area contributed by atoms with Crippen LogP contribution in [0.5, 0.6) is 0 Å². The summed E-state index contributed by atoms with van der Waals surface area (Å²) in [5.74, 6) is 0. The monoisotopic (exact) mass is 177 g/mol. The van der Waals surface area contributed by atoms with E-state index < -0.39 is 0 Å². The molecule has 1 aromatic carbocycles. The number of nitrogens with zero attached hydrogens (tertiary/aromatic N) is 1. The average molecular weight is 177 g/mol. The molecule has 0 radical (unpaired) electrons. The molecule has 0 amide bonds.